The fourth-order valence-electron chi connectivity index (χ4n) is 0.825. The highest BCUT2D eigenvalue weighted by Crippen LogP contribution is 2.28. The first-order valence-corrected chi connectivity index (χ1v) is 5.54. The van der Waals surface area contributed by atoms with Crippen molar-refractivity contribution in [3.05, 3.63) is 23.5 Å². The zero-order chi connectivity index (χ0) is 10.9. The topological polar surface area (TPSA) is 78.2 Å². The lowest BCUT2D eigenvalue weighted by molar-refractivity contribution is 0.456. The fraction of sp³-hybridized carbons (Fsp3) is 0. The van der Waals surface area contributed by atoms with Crippen LogP contribution >= 0.6 is 10.7 Å². The van der Waals surface area contributed by atoms with Crippen LogP contribution in [0.2, 0.25) is 0 Å². The number of hydrogen-bond donors (Lipinski definition) is 1. The van der Waals surface area contributed by atoms with Gasteiger partial charge in [0.1, 0.15) is 22.5 Å². The van der Waals surface area contributed by atoms with Gasteiger partial charge in [-0.25, -0.2) is 12.8 Å². The van der Waals surface area contributed by atoms with E-state index in [1.165, 1.54) is 6.07 Å². The molecule has 1 N–H and O–H groups in total. The second kappa shape index (κ2) is 3.44. The summed E-state index contributed by atoms with van der Waals surface area (Å²) >= 11 is 0. The van der Waals surface area contributed by atoms with E-state index in [1.807, 2.05) is 0 Å². The highest BCUT2D eigenvalue weighted by Gasteiger charge is 2.18. The van der Waals surface area contributed by atoms with Crippen LogP contribution in [0.25, 0.3) is 0 Å². The average molecular weight is 236 g/mol. The Morgan fingerprint density at radius 1 is 1.50 bits per heavy atom. The molecule has 0 fully saturated rings. The molecule has 0 aliphatic rings. The Morgan fingerprint density at radius 3 is 2.50 bits per heavy atom. The van der Waals surface area contributed by atoms with Crippen molar-refractivity contribution in [2.75, 3.05) is 0 Å². The van der Waals surface area contributed by atoms with Crippen LogP contribution in [0.4, 0.5) is 4.39 Å². The largest absolute Gasteiger partial charge is 0.506 e. The van der Waals surface area contributed by atoms with Crippen LogP contribution in [0.3, 0.4) is 0 Å². The third-order valence-corrected chi connectivity index (χ3v) is 2.78. The van der Waals surface area contributed by atoms with Crippen molar-refractivity contribution < 1.29 is 17.9 Å². The molecular weight excluding hydrogens is 233 g/mol. The van der Waals surface area contributed by atoms with Gasteiger partial charge in [0.15, 0.2) is 0 Å². The lowest BCUT2D eigenvalue weighted by Gasteiger charge is -2.01. The number of halogens is 2. The molecule has 0 radical (unpaired) electrons. The molecule has 7 heteroatoms. The molecule has 4 nitrogen and oxygen atoms in total. The Balaban J connectivity index is 3.54. The van der Waals surface area contributed by atoms with Gasteiger partial charge >= 0.3 is 0 Å². The van der Waals surface area contributed by atoms with Crippen molar-refractivity contribution in [1.29, 1.82) is 5.26 Å². The highest BCUT2D eigenvalue weighted by atomic mass is 35.7. The zero-order valence-corrected chi connectivity index (χ0v) is 8.10. The number of hydrogen-bond acceptors (Lipinski definition) is 4. The molecular formula is C7H3ClFNO3S. The second-order valence-electron chi connectivity index (χ2n) is 2.35. The number of aromatic hydroxyl groups is 1. The van der Waals surface area contributed by atoms with Crippen molar-refractivity contribution >= 4 is 19.7 Å². The number of benzene rings is 1. The molecule has 0 amide bonds. The summed E-state index contributed by atoms with van der Waals surface area (Å²) in [6, 6.07) is 2.64. The molecule has 0 saturated carbocycles. The summed E-state index contributed by atoms with van der Waals surface area (Å²) in [7, 11) is 0.686. The summed E-state index contributed by atoms with van der Waals surface area (Å²) in [5.74, 6) is -1.80. The minimum atomic E-state index is -4.21. The van der Waals surface area contributed by atoms with Gasteiger partial charge in [-0.2, -0.15) is 5.26 Å². The first-order chi connectivity index (χ1) is 6.36. The van der Waals surface area contributed by atoms with Crippen LogP contribution in [0.15, 0.2) is 17.0 Å². The first kappa shape index (κ1) is 10.8. The second-order valence-corrected chi connectivity index (χ2v) is 4.88. The quantitative estimate of drug-likeness (QED) is 0.745. The van der Waals surface area contributed by atoms with Gasteiger partial charge in [-0.05, 0) is 6.07 Å². The van der Waals surface area contributed by atoms with Gasteiger partial charge in [0.05, 0.1) is 5.56 Å². The van der Waals surface area contributed by atoms with Gasteiger partial charge < -0.3 is 5.11 Å². The van der Waals surface area contributed by atoms with Crippen LogP contribution in [-0.2, 0) is 9.05 Å². The third-order valence-electron chi connectivity index (χ3n) is 1.43. The van der Waals surface area contributed by atoms with Crippen molar-refractivity contribution in [2.45, 2.75) is 4.90 Å². The molecule has 0 heterocycles. The number of nitriles is 1. The van der Waals surface area contributed by atoms with E-state index >= 15 is 0 Å². The molecule has 0 aliphatic heterocycles. The fourth-order valence-corrected chi connectivity index (χ4v) is 1.75. The maximum atomic E-state index is 12.9. The van der Waals surface area contributed by atoms with Gasteiger partial charge in [0.2, 0.25) is 0 Å². The number of phenols is 1. The summed E-state index contributed by atoms with van der Waals surface area (Å²) in [6.45, 7) is 0. The van der Waals surface area contributed by atoms with Gasteiger partial charge in [-0.15, -0.1) is 0 Å². The molecule has 1 rings (SSSR count). The predicted octanol–water partition coefficient (Wildman–Crippen LogP) is 1.33. The van der Waals surface area contributed by atoms with Crippen molar-refractivity contribution in [3.63, 3.8) is 0 Å². The Labute approximate surface area is 83.6 Å². The minimum Gasteiger partial charge on any atom is -0.506 e. The van der Waals surface area contributed by atoms with E-state index in [0.717, 1.165) is 0 Å². The highest BCUT2D eigenvalue weighted by molar-refractivity contribution is 8.13. The van der Waals surface area contributed by atoms with Gasteiger partial charge in [-0.3, -0.25) is 0 Å². The molecule has 0 saturated heterocycles. The standard InChI is InChI=1S/C7H3ClFNO3S/c8-14(12,13)7-2-5(9)4(3-10)1-6(7)11/h1-2,11H. The molecule has 14 heavy (non-hydrogen) atoms. The Morgan fingerprint density at radius 2 is 2.07 bits per heavy atom. The van der Waals surface area contributed by atoms with Gasteiger partial charge in [0.25, 0.3) is 9.05 Å². The molecule has 0 bridgehead atoms. The van der Waals surface area contributed by atoms with E-state index in [9.17, 15) is 12.8 Å². The number of nitrogens with zero attached hydrogens (tertiary/aromatic N) is 1. The maximum absolute atomic E-state index is 12.9. The van der Waals surface area contributed by atoms with Gasteiger partial charge in [-0.1, -0.05) is 0 Å². The normalized spacial score (nSPS) is 10.9. The smallest absolute Gasteiger partial charge is 0.265 e. The van der Waals surface area contributed by atoms with Gasteiger partial charge in [0, 0.05) is 16.7 Å². The molecule has 1 aromatic carbocycles. The molecule has 0 aliphatic carbocycles. The van der Waals surface area contributed by atoms with E-state index in [0.29, 0.717) is 12.1 Å². The van der Waals surface area contributed by atoms with Crippen LogP contribution in [0.5, 0.6) is 5.75 Å². The molecule has 0 unspecified atom stereocenters. The lowest BCUT2D eigenvalue weighted by atomic mass is 10.2. The third kappa shape index (κ3) is 1.95. The lowest BCUT2D eigenvalue weighted by Crippen LogP contribution is -1.94. The molecule has 0 aromatic heterocycles. The van der Waals surface area contributed by atoms with E-state index in [-0.39, 0.29) is 0 Å². The molecule has 1 aromatic rings. The number of rotatable bonds is 1. The van der Waals surface area contributed by atoms with Crippen LogP contribution in [0, 0.1) is 17.1 Å². The molecule has 0 spiro atoms. The first-order valence-electron chi connectivity index (χ1n) is 3.23. The monoisotopic (exact) mass is 235 g/mol. The number of phenolic OH excluding ortho intramolecular Hbond substituents is 1. The molecule has 0 atom stereocenters. The predicted molar refractivity (Wildman–Crippen MR) is 45.8 cm³/mol. The maximum Gasteiger partial charge on any atom is 0.265 e. The summed E-state index contributed by atoms with van der Waals surface area (Å²) in [6.07, 6.45) is 0. The van der Waals surface area contributed by atoms with Crippen LogP contribution < -0.4 is 0 Å². The zero-order valence-electron chi connectivity index (χ0n) is 6.53. The minimum absolute atomic E-state index is 0.452. The van der Waals surface area contributed by atoms with E-state index in [2.05, 4.69) is 0 Å². The van der Waals surface area contributed by atoms with Crippen LogP contribution in [-0.4, -0.2) is 13.5 Å². The average Bonchev–Trinajstić information content (AvgIpc) is 2.06. The van der Waals surface area contributed by atoms with E-state index in [1.54, 1.807) is 0 Å². The SMILES string of the molecule is N#Cc1cc(O)c(S(=O)(=O)Cl)cc1F. The summed E-state index contributed by atoms with van der Waals surface area (Å²) in [4.78, 5) is -0.754. The Kier molecular flexibility index (Phi) is 2.64. The Bertz CT molecular complexity index is 520. The van der Waals surface area contributed by atoms with Crippen molar-refractivity contribution in [3.8, 4) is 11.8 Å². The van der Waals surface area contributed by atoms with E-state index in [4.69, 9.17) is 21.1 Å². The summed E-state index contributed by atoms with van der Waals surface area (Å²) in [5.41, 5.74) is -0.452. The van der Waals surface area contributed by atoms with E-state index < -0.39 is 31.1 Å². The van der Waals surface area contributed by atoms with Crippen molar-refractivity contribution in [2.24, 2.45) is 0 Å². The summed E-state index contributed by atoms with van der Waals surface area (Å²) in [5, 5.41) is 17.5. The summed E-state index contributed by atoms with van der Waals surface area (Å²) < 4.78 is 34.4. The van der Waals surface area contributed by atoms with Crippen LogP contribution in [0.1, 0.15) is 5.56 Å². The van der Waals surface area contributed by atoms with Crippen molar-refractivity contribution in [1.82, 2.24) is 0 Å². The molecule has 74 valence electrons. The Hall–Kier alpha value is -1.32.